The number of benzene rings is 2. The molecule has 0 saturated carbocycles. The number of aryl methyl sites for hydroxylation is 1. The zero-order valence-electron chi connectivity index (χ0n) is 15.8. The minimum atomic E-state index is -4.10. The van der Waals surface area contributed by atoms with E-state index in [1.807, 2.05) is 0 Å². The standard InChI is InChI=1S/C19H15Cl2N3O4S3/c1-24-8-7-12-4-2-5-17(19(12)24)30(25,26)22-15-10-13(20)14(21)11-16(15)23-31(27,28)18-6-3-9-29-18/h2-11,22-23H,1H3. The van der Waals surface area contributed by atoms with Gasteiger partial charge >= 0.3 is 0 Å². The van der Waals surface area contributed by atoms with E-state index in [4.69, 9.17) is 23.2 Å². The van der Waals surface area contributed by atoms with Gasteiger partial charge in [-0.3, -0.25) is 9.44 Å². The number of fused-ring (bicyclic) bond motifs is 1. The number of aromatic nitrogens is 1. The number of thiophene rings is 1. The molecule has 2 N–H and O–H groups in total. The summed E-state index contributed by atoms with van der Waals surface area (Å²) in [5.74, 6) is 0. The molecule has 4 aromatic rings. The summed E-state index contributed by atoms with van der Waals surface area (Å²) in [6, 6.07) is 12.3. The number of halogens is 2. The van der Waals surface area contributed by atoms with Crippen molar-refractivity contribution in [2.45, 2.75) is 9.10 Å². The predicted molar refractivity (Wildman–Crippen MR) is 125 cm³/mol. The minimum Gasteiger partial charge on any atom is -0.349 e. The summed E-state index contributed by atoms with van der Waals surface area (Å²) >= 11 is 13.2. The van der Waals surface area contributed by atoms with Crippen LogP contribution < -0.4 is 9.44 Å². The fourth-order valence-electron chi connectivity index (χ4n) is 3.06. The maximum absolute atomic E-state index is 13.2. The van der Waals surface area contributed by atoms with Crippen LogP contribution in [0, 0.1) is 0 Å². The quantitative estimate of drug-likeness (QED) is 0.371. The Labute approximate surface area is 193 Å². The molecule has 0 amide bonds. The first-order valence-electron chi connectivity index (χ1n) is 8.71. The van der Waals surface area contributed by atoms with Gasteiger partial charge in [-0.05, 0) is 35.7 Å². The SMILES string of the molecule is Cn1ccc2cccc(S(=O)(=O)Nc3cc(Cl)c(Cl)cc3NS(=O)(=O)c3cccs3)c21. The van der Waals surface area contributed by atoms with E-state index in [1.54, 1.807) is 47.5 Å². The van der Waals surface area contributed by atoms with Crippen molar-refractivity contribution in [2.75, 3.05) is 9.44 Å². The van der Waals surface area contributed by atoms with Crippen molar-refractivity contribution in [3.8, 4) is 0 Å². The maximum atomic E-state index is 13.2. The summed E-state index contributed by atoms with van der Waals surface area (Å²) in [6.45, 7) is 0. The molecular formula is C19H15Cl2N3O4S3. The molecule has 0 atom stereocenters. The molecule has 2 heterocycles. The Balaban J connectivity index is 1.79. The molecule has 12 heteroatoms. The molecule has 0 spiro atoms. The first-order valence-corrected chi connectivity index (χ1v) is 13.3. The van der Waals surface area contributed by atoms with E-state index in [9.17, 15) is 16.8 Å². The van der Waals surface area contributed by atoms with Crippen LogP contribution in [-0.2, 0) is 27.1 Å². The second kappa shape index (κ2) is 8.03. The first kappa shape index (κ1) is 22.0. The van der Waals surface area contributed by atoms with Gasteiger partial charge in [0.15, 0.2) is 0 Å². The number of para-hydroxylation sites is 1. The Bertz CT molecular complexity index is 1500. The van der Waals surface area contributed by atoms with Crippen molar-refractivity contribution in [1.29, 1.82) is 0 Å². The number of hydrogen-bond acceptors (Lipinski definition) is 5. The third-order valence-electron chi connectivity index (χ3n) is 4.46. The molecule has 0 saturated heterocycles. The third kappa shape index (κ3) is 4.26. The number of sulfonamides is 2. The Hall–Kier alpha value is -2.24. The molecule has 0 bridgehead atoms. The number of nitrogens with one attached hydrogen (secondary N) is 2. The van der Waals surface area contributed by atoms with Crippen molar-refractivity contribution in [3.05, 3.63) is 70.2 Å². The van der Waals surface area contributed by atoms with Crippen molar-refractivity contribution in [1.82, 2.24) is 4.57 Å². The van der Waals surface area contributed by atoms with Gasteiger partial charge in [0.05, 0.1) is 26.9 Å². The topological polar surface area (TPSA) is 97.3 Å². The monoisotopic (exact) mass is 515 g/mol. The molecule has 0 fully saturated rings. The summed E-state index contributed by atoms with van der Waals surface area (Å²) in [5, 5.41) is 2.50. The second-order valence-corrected chi connectivity index (χ2v) is 11.9. The van der Waals surface area contributed by atoms with Gasteiger partial charge in [0.2, 0.25) is 0 Å². The molecule has 0 aliphatic carbocycles. The van der Waals surface area contributed by atoms with Crippen molar-refractivity contribution < 1.29 is 16.8 Å². The van der Waals surface area contributed by atoms with Crippen LogP contribution in [0.4, 0.5) is 11.4 Å². The zero-order chi connectivity index (χ0) is 22.4. The maximum Gasteiger partial charge on any atom is 0.271 e. The minimum absolute atomic E-state index is 0.0376. The molecule has 2 aromatic heterocycles. The molecule has 0 radical (unpaired) electrons. The van der Waals surface area contributed by atoms with Crippen LogP contribution in [0.15, 0.2) is 69.2 Å². The molecule has 0 unspecified atom stereocenters. The van der Waals surface area contributed by atoms with Gasteiger partial charge in [0.1, 0.15) is 9.10 Å². The molecule has 162 valence electrons. The predicted octanol–water partition coefficient (Wildman–Crippen LogP) is 5.15. The summed E-state index contributed by atoms with van der Waals surface area (Å²) < 4.78 is 58.4. The van der Waals surface area contributed by atoms with E-state index in [0.717, 1.165) is 16.7 Å². The lowest BCUT2D eigenvalue weighted by Gasteiger charge is -2.16. The summed E-state index contributed by atoms with van der Waals surface area (Å²) in [4.78, 5) is 0.0376. The lowest BCUT2D eigenvalue weighted by molar-refractivity contribution is 0.600. The van der Waals surface area contributed by atoms with Gasteiger partial charge in [-0.2, -0.15) is 0 Å². The van der Waals surface area contributed by atoms with Crippen LogP contribution in [0.5, 0.6) is 0 Å². The second-order valence-electron chi connectivity index (χ2n) is 6.58. The van der Waals surface area contributed by atoms with Gasteiger partial charge < -0.3 is 4.57 Å². The Morgan fingerprint density at radius 1 is 0.871 bits per heavy atom. The van der Waals surface area contributed by atoms with Gasteiger partial charge in [-0.25, -0.2) is 16.8 Å². The summed E-state index contributed by atoms with van der Waals surface area (Å²) in [5.41, 5.74) is 0.405. The van der Waals surface area contributed by atoms with E-state index in [-0.39, 0.29) is 30.5 Å². The lowest BCUT2D eigenvalue weighted by atomic mass is 10.2. The molecule has 4 rings (SSSR count). The summed E-state index contributed by atoms with van der Waals surface area (Å²) in [6.07, 6.45) is 1.75. The van der Waals surface area contributed by atoms with Crippen LogP contribution in [0.1, 0.15) is 0 Å². The highest BCUT2D eigenvalue weighted by atomic mass is 35.5. The average Bonchev–Trinajstić information content (AvgIpc) is 3.36. The van der Waals surface area contributed by atoms with Gasteiger partial charge in [-0.1, -0.05) is 41.4 Å². The number of nitrogens with zero attached hydrogens (tertiary/aromatic N) is 1. The van der Waals surface area contributed by atoms with E-state index in [2.05, 4.69) is 9.44 Å². The van der Waals surface area contributed by atoms with E-state index in [1.165, 1.54) is 24.3 Å². The first-order chi connectivity index (χ1) is 14.6. The Morgan fingerprint density at radius 2 is 1.52 bits per heavy atom. The molecule has 0 aliphatic heterocycles. The molecule has 2 aromatic carbocycles. The van der Waals surface area contributed by atoms with Crippen LogP contribution in [0.25, 0.3) is 10.9 Å². The summed E-state index contributed by atoms with van der Waals surface area (Å²) in [7, 11) is -6.31. The number of rotatable bonds is 6. The normalized spacial score (nSPS) is 12.2. The molecular weight excluding hydrogens is 501 g/mol. The lowest BCUT2D eigenvalue weighted by Crippen LogP contribution is -2.18. The average molecular weight is 516 g/mol. The van der Waals surface area contributed by atoms with Gasteiger partial charge in [0.25, 0.3) is 20.0 Å². The number of anilines is 2. The van der Waals surface area contributed by atoms with Crippen LogP contribution in [-0.4, -0.2) is 21.4 Å². The third-order valence-corrected chi connectivity index (χ3v) is 9.34. The van der Waals surface area contributed by atoms with Crippen LogP contribution in [0.3, 0.4) is 0 Å². The van der Waals surface area contributed by atoms with Crippen LogP contribution >= 0.6 is 34.5 Å². The fraction of sp³-hybridized carbons (Fsp3) is 0.0526. The van der Waals surface area contributed by atoms with E-state index in [0.29, 0.717) is 5.52 Å². The smallest absolute Gasteiger partial charge is 0.271 e. The Kier molecular flexibility index (Phi) is 5.69. The fourth-order valence-corrected chi connectivity index (χ4v) is 6.79. The number of hydrogen-bond donors (Lipinski definition) is 2. The van der Waals surface area contributed by atoms with Crippen molar-refractivity contribution in [3.63, 3.8) is 0 Å². The Morgan fingerprint density at radius 3 is 2.13 bits per heavy atom. The zero-order valence-corrected chi connectivity index (χ0v) is 19.8. The highest BCUT2D eigenvalue weighted by molar-refractivity contribution is 7.94. The van der Waals surface area contributed by atoms with Crippen molar-refractivity contribution in [2.24, 2.45) is 7.05 Å². The largest absolute Gasteiger partial charge is 0.349 e. The van der Waals surface area contributed by atoms with Crippen molar-refractivity contribution >= 4 is 76.9 Å². The highest BCUT2D eigenvalue weighted by Gasteiger charge is 2.24. The highest BCUT2D eigenvalue weighted by Crippen LogP contribution is 2.36. The molecule has 0 aliphatic rings. The molecule has 31 heavy (non-hydrogen) atoms. The van der Waals surface area contributed by atoms with Crippen LogP contribution in [0.2, 0.25) is 10.0 Å². The van der Waals surface area contributed by atoms with Gasteiger partial charge in [0, 0.05) is 18.6 Å². The van der Waals surface area contributed by atoms with E-state index < -0.39 is 20.0 Å². The van der Waals surface area contributed by atoms with Gasteiger partial charge in [-0.15, -0.1) is 11.3 Å². The van der Waals surface area contributed by atoms with E-state index >= 15 is 0 Å². The molecule has 7 nitrogen and oxygen atoms in total.